The predicted octanol–water partition coefficient (Wildman–Crippen LogP) is 5.30. The van der Waals surface area contributed by atoms with Crippen LogP contribution in [-0.4, -0.2) is 125 Å². The molecular formula is C54H76N2O10. The highest BCUT2D eigenvalue weighted by Gasteiger charge is 3.03. The second-order valence-electron chi connectivity index (χ2n) is 26.9. The van der Waals surface area contributed by atoms with Crippen LogP contribution in [0.25, 0.3) is 0 Å². The molecule has 16 rings (SSSR count). The predicted molar refractivity (Wildman–Crippen MR) is 239 cm³/mol. The van der Waals surface area contributed by atoms with E-state index in [1.165, 1.54) is 36.8 Å². The smallest absolute Gasteiger partial charge is 0.200 e. The van der Waals surface area contributed by atoms with E-state index in [2.05, 4.69) is 49.6 Å². The zero-order valence-electron chi connectivity index (χ0n) is 40.2. The standard InChI is InChI=1S/C54H76N2O10/c1-27-15-43(60)53(63-22-27)28(2)34-11-12-35-32-10-8-31-19-51-52(23-47(31,6)38(32)17-41(58)48(34,35)25-64-53)55(51)39-16-30-7-9-33-36-13-14-50(62)29(3)54(44(61)21-45(4,24-57)66-54)65-26-49(36,50)42(59)18-37(33)46(30,5)20-40(39)56(51)52/h12-13,27-34,37-38,41-44,57-62H,7-11,14-26H2,1-6H3/t27?,28-,29-,30-,31-,32-,33-,34+,37-,38-,41+,42+,43+,44+,45-,46-,47-,48+,49+,50-,51?,52?,53+,54-,55?,56?/m0/s1. The lowest BCUT2D eigenvalue weighted by molar-refractivity contribution is -0.382. The average Bonchev–Trinajstić information content (AvgIpc) is 3.58. The fourth-order valence-electron chi connectivity index (χ4n) is 21.7. The van der Waals surface area contributed by atoms with Crippen LogP contribution < -0.4 is 0 Å². The number of rotatable bonds is 1. The number of aliphatic hydroxyl groups is 6. The first-order valence-corrected chi connectivity index (χ1v) is 26.7. The number of hydrogen-bond acceptors (Lipinski definition) is 12. The van der Waals surface area contributed by atoms with E-state index in [4.69, 9.17) is 18.9 Å². The van der Waals surface area contributed by atoms with Gasteiger partial charge in [0.25, 0.3) is 0 Å². The third kappa shape index (κ3) is 4.11. The van der Waals surface area contributed by atoms with Gasteiger partial charge in [0.1, 0.15) is 12.2 Å². The Morgan fingerprint density at radius 3 is 2.17 bits per heavy atom. The van der Waals surface area contributed by atoms with Gasteiger partial charge >= 0.3 is 0 Å². The van der Waals surface area contributed by atoms with Crippen molar-refractivity contribution in [2.75, 3.05) is 26.4 Å². The molecule has 3 unspecified atom stereocenters. The summed E-state index contributed by atoms with van der Waals surface area (Å²) in [5.41, 5.74) is 2.57. The number of allylic oxidation sites excluding steroid dienone is 3. The van der Waals surface area contributed by atoms with Crippen LogP contribution in [-0.2, 0) is 18.9 Å². The van der Waals surface area contributed by atoms with Gasteiger partial charge in [0.05, 0.1) is 55.3 Å². The minimum absolute atomic E-state index is 0.0115. The summed E-state index contributed by atoms with van der Waals surface area (Å²) in [6.45, 7) is 14.1. The Hall–Kier alpha value is -1.58. The molecule has 6 N–H and O–H groups in total. The summed E-state index contributed by atoms with van der Waals surface area (Å²) in [5, 5.41) is 71.3. The molecule has 2 bridgehead atoms. The van der Waals surface area contributed by atoms with Crippen molar-refractivity contribution in [1.29, 1.82) is 0 Å². The number of fused-ring (bicyclic) bond motifs is 8. The van der Waals surface area contributed by atoms with E-state index >= 15 is 0 Å². The molecule has 0 aromatic carbocycles. The quantitative estimate of drug-likeness (QED) is 0.149. The van der Waals surface area contributed by atoms with Crippen LogP contribution in [0, 0.1) is 80.8 Å². The SMILES string of the molecule is CC1CO[C@]2(OC[C@]34C(=CC[C@@H]3[C@@H]2C)[C@@H]2CC[C@H]3CC56N7C8=C(C[C@@]9(C)[C@@H](CC[C@H]%10C%11=CC[C@]%12(O)[C@H](C)[C@]%13(OC[C@]%11%12[C@H](O)C[C@@H]%109)O[C@](C)(CO)C[C@H]%13O)C8)N5C76C[C@]3(C)[C@H]2C[C@H]4O)[C@H](O)C1. The van der Waals surface area contributed by atoms with Crippen molar-refractivity contribution < 1.29 is 49.6 Å². The molecule has 66 heavy (non-hydrogen) atoms. The maximum Gasteiger partial charge on any atom is 0.200 e. The number of nitrogens with zero attached hydrogens (tertiary/aromatic N) is 2. The Bertz CT molecular complexity index is 2320. The van der Waals surface area contributed by atoms with Crippen molar-refractivity contribution in [2.24, 2.45) is 80.8 Å². The molecule has 24 atom stereocenters. The molecule has 8 heterocycles. The van der Waals surface area contributed by atoms with Gasteiger partial charge in [0, 0.05) is 35.1 Å². The monoisotopic (exact) mass is 913 g/mol. The minimum Gasteiger partial charge on any atom is -0.393 e. The van der Waals surface area contributed by atoms with Crippen LogP contribution in [0.1, 0.15) is 131 Å². The van der Waals surface area contributed by atoms with E-state index in [0.29, 0.717) is 62.1 Å². The molecule has 0 aromatic rings. The maximum atomic E-state index is 13.0. The van der Waals surface area contributed by atoms with Gasteiger partial charge in [0.15, 0.2) is 17.1 Å². The van der Waals surface area contributed by atoms with Crippen LogP contribution in [0.2, 0.25) is 0 Å². The topological polar surface area (TPSA) is 164 Å². The minimum atomic E-state index is -1.44. The van der Waals surface area contributed by atoms with Crippen molar-refractivity contribution in [3.63, 3.8) is 0 Å². The van der Waals surface area contributed by atoms with Gasteiger partial charge in [-0.25, -0.2) is 0 Å². The second-order valence-corrected chi connectivity index (χ2v) is 26.9. The van der Waals surface area contributed by atoms with Gasteiger partial charge < -0.3 is 59.4 Å². The van der Waals surface area contributed by atoms with Gasteiger partial charge in [-0.05, 0) is 149 Å². The van der Waals surface area contributed by atoms with E-state index in [-0.39, 0.29) is 65.5 Å². The molecule has 362 valence electrons. The van der Waals surface area contributed by atoms with Crippen molar-refractivity contribution >= 4 is 0 Å². The van der Waals surface area contributed by atoms with Gasteiger partial charge in [-0.3, -0.25) is 0 Å². The van der Waals surface area contributed by atoms with Crippen LogP contribution in [0.5, 0.6) is 0 Å². The summed E-state index contributed by atoms with van der Waals surface area (Å²) in [4.78, 5) is 5.83. The fourth-order valence-corrected chi connectivity index (χ4v) is 21.7. The largest absolute Gasteiger partial charge is 0.393 e. The Kier molecular flexibility index (Phi) is 7.78. The van der Waals surface area contributed by atoms with Gasteiger partial charge in [0.2, 0.25) is 5.79 Å². The number of aliphatic hydroxyl groups excluding tert-OH is 5. The van der Waals surface area contributed by atoms with Crippen molar-refractivity contribution in [1.82, 2.24) is 9.80 Å². The van der Waals surface area contributed by atoms with E-state index < -0.39 is 63.9 Å². The molecule has 0 aromatic heterocycles. The maximum absolute atomic E-state index is 13.0. The lowest BCUT2D eigenvalue weighted by Gasteiger charge is -2.65. The normalized spacial score (nSPS) is 64.1. The third-order valence-electron chi connectivity index (χ3n) is 25.0. The zero-order chi connectivity index (χ0) is 45.5. The third-order valence-corrected chi connectivity index (χ3v) is 25.0. The lowest BCUT2D eigenvalue weighted by Crippen LogP contribution is -2.73. The van der Waals surface area contributed by atoms with Gasteiger partial charge in [-0.2, -0.15) is 0 Å². The molecule has 11 fully saturated rings. The molecule has 6 spiro atoms. The average molecular weight is 913 g/mol. The Morgan fingerprint density at radius 2 is 1.41 bits per heavy atom. The molecule has 0 amide bonds. The van der Waals surface area contributed by atoms with Gasteiger partial charge in [-0.15, -0.1) is 0 Å². The van der Waals surface area contributed by atoms with Crippen molar-refractivity contribution in [2.45, 2.75) is 190 Å². The fraction of sp³-hybridized carbons (Fsp3) is 0.889. The number of hydrogen-bond donors (Lipinski definition) is 6. The molecule has 12 nitrogen and oxygen atoms in total. The molecule has 8 aliphatic heterocycles. The highest BCUT2D eigenvalue weighted by Crippen LogP contribution is 2.91. The van der Waals surface area contributed by atoms with E-state index in [0.717, 1.165) is 38.5 Å². The first kappa shape index (κ1) is 42.1. The Balaban J connectivity index is 0.687. The molecule has 0 radical (unpaired) electrons. The summed E-state index contributed by atoms with van der Waals surface area (Å²) < 4.78 is 26.3. The van der Waals surface area contributed by atoms with Crippen LogP contribution in [0.15, 0.2) is 34.7 Å². The number of ether oxygens (including phenoxy) is 4. The van der Waals surface area contributed by atoms with Crippen LogP contribution >= 0.6 is 0 Å². The summed E-state index contributed by atoms with van der Waals surface area (Å²) in [7, 11) is 0. The molecule has 8 aliphatic carbocycles. The highest BCUT2D eigenvalue weighted by atomic mass is 16.7. The Labute approximate surface area is 390 Å². The summed E-state index contributed by atoms with van der Waals surface area (Å²) in [5.74, 6) is 0.0284. The Morgan fingerprint density at radius 1 is 0.697 bits per heavy atom. The van der Waals surface area contributed by atoms with E-state index in [1.807, 2.05) is 6.92 Å². The van der Waals surface area contributed by atoms with E-state index in [9.17, 15) is 30.6 Å². The summed E-state index contributed by atoms with van der Waals surface area (Å²) in [6, 6.07) is 0. The summed E-state index contributed by atoms with van der Waals surface area (Å²) in [6.07, 6.45) is 14.7. The summed E-state index contributed by atoms with van der Waals surface area (Å²) >= 11 is 0. The van der Waals surface area contributed by atoms with Crippen molar-refractivity contribution in [3.8, 4) is 0 Å². The molecule has 16 aliphatic rings. The highest BCUT2D eigenvalue weighted by molar-refractivity contribution is 5.61. The van der Waals surface area contributed by atoms with Crippen LogP contribution in [0.4, 0.5) is 0 Å². The first-order chi connectivity index (χ1) is 31.3. The molecule has 5 saturated carbocycles. The molecule has 6 saturated heterocycles. The first-order valence-electron chi connectivity index (χ1n) is 26.7. The van der Waals surface area contributed by atoms with E-state index in [1.54, 1.807) is 18.3 Å². The van der Waals surface area contributed by atoms with Crippen LogP contribution in [0.3, 0.4) is 0 Å². The zero-order valence-corrected chi connectivity index (χ0v) is 40.2. The molecule has 12 heteroatoms. The molecular weight excluding hydrogens is 837 g/mol. The van der Waals surface area contributed by atoms with Crippen molar-refractivity contribution in [3.05, 3.63) is 34.7 Å². The second kappa shape index (κ2) is 12.2. The van der Waals surface area contributed by atoms with Gasteiger partial charge in [-0.1, -0.05) is 57.9 Å². The lowest BCUT2D eigenvalue weighted by atomic mass is 9.44.